The van der Waals surface area contributed by atoms with E-state index in [1.165, 1.54) is 0 Å². The van der Waals surface area contributed by atoms with E-state index in [4.69, 9.17) is 14.0 Å². The van der Waals surface area contributed by atoms with Crippen LogP contribution in [0.25, 0.3) is 10.7 Å². The van der Waals surface area contributed by atoms with E-state index in [1.807, 2.05) is 41.8 Å². The highest BCUT2D eigenvalue weighted by Crippen LogP contribution is 2.21. The van der Waals surface area contributed by atoms with E-state index < -0.39 is 0 Å². The predicted octanol–water partition coefficient (Wildman–Crippen LogP) is 3.87. The molecule has 1 aromatic carbocycles. The molecule has 6 nitrogen and oxygen atoms in total. The number of carbonyl (C=O) groups is 1. The number of thiophene rings is 1. The second-order valence-electron chi connectivity index (χ2n) is 5.35. The van der Waals surface area contributed by atoms with Crippen LogP contribution in [-0.2, 0) is 22.6 Å². The molecule has 0 saturated heterocycles. The van der Waals surface area contributed by atoms with Crippen LogP contribution in [0.1, 0.15) is 24.3 Å². The van der Waals surface area contributed by atoms with Gasteiger partial charge in [0, 0.05) is 12.8 Å². The Morgan fingerprint density at radius 2 is 2.20 bits per heavy atom. The third-order valence-electron chi connectivity index (χ3n) is 3.52. The summed E-state index contributed by atoms with van der Waals surface area (Å²) in [7, 11) is 1.60. The van der Waals surface area contributed by atoms with Crippen molar-refractivity contribution in [3.05, 3.63) is 53.2 Å². The SMILES string of the molecule is COc1cccc(COC(=O)CCCc2nc(-c3cccs3)no2)c1. The van der Waals surface area contributed by atoms with Crippen LogP contribution in [0.2, 0.25) is 0 Å². The molecule has 3 aromatic rings. The monoisotopic (exact) mass is 358 g/mol. The lowest BCUT2D eigenvalue weighted by Crippen LogP contribution is -2.05. The molecule has 0 spiro atoms. The van der Waals surface area contributed by atoms with E-state index in [-0.39, 0.29) is 12.6 Å². The minimum atomic E-state index is -0.249. The largest absolute Gasteiger partial charge is 0.497 e. The van der Waals surface area contributed by atoms with Gasteiger partial charge in [0.25, 0.3) is 0 Å². The molecule has 130 valence electrons. The van der Waals surface area contributed by atoms with Gasteiger partial charge in [-0.15, -0.1) is 11.3 Å². The summed E-state index contributed by atoms with van der Waals surface area (Å²) in [6.45, 7) is 0.235. The number of esters is 1. The number of nitrogens with zero attached hydrogens (tertiary/aromatic N) is 2. The normalized spacial score (nSPS) is 10.6. The van der Waals surface area contributed by atoms with Crippen LogP contribution >= 0.6 is 11.3 Å². The second-order valence-corrected chi connectivity index (χ2v) is 6.30. The fourth-order valence-electron chi connectivity index (χ4n) is 2.24. The summed E-state index contributed by atoms with van der Waals surface area (Å²) in [6.07, 6.45) is 1.45. The van der Waals surface area contributed by atoms with E-state index in [9.17, 15) is 4.79 Å². The van der Waals surface area contributed by atoms with Gasteiger partial charge in [0.2, 0.25) is 11.7 Å². The van der Waals surface area contributed by atoms with Crippen molar-refractivity contribution in [2.75, 3.05) is 7.11 Å². The number of ether oxygens (including phenoxy) is 2. The first-order valence-electron chi connectivity index (χ1n) is 7.89. The van der Waals surface area contributed by atoms with Gasteiger partial charge in [0.05, 0.1) is 12.0 Å². The summed E-state index contributed by atoms with van der Waals surface area (Å²) >= 11 is 1.56. The third-order valence-corrected chi connectivity index (χ3v) is 4.38. The lowest BCUT2D eigenvalue weighted by molar-refractivity contribution is -0.145. The summed E-state index contributed by atoms with van der Waals surface area (Å²) in [4.78, 5) is 17.1. The maximum absolute atomic E-state index is 11.8. The number of methoxy groups -OCH3 is 1. The molecule has 0 aliphatic carbocycles. The van der Waals surface area contributed by atoms with Gasteiger partial charge in [-0.05, 0) is 35.6 Å². The highest BCUT2D eigenvalue weighted by Gasteiger charge is 2.10. The fraction of sp³-hybridized carbons (Fsp3) is 0.278. The molecule has 0 saturated carbocycles. The van der Waals surface area contributed by atoms with E-state index in [0.29, 0.717) is 31.0 Å². The van der Waals surface area contributed by atoms with Gasteiger partial charge in [0.15, 0.2) is 0 Å². The van der Waals surface area contributed by atoms with Gasteiger partial charge in [-0.25, -0.2) is 0 Å². The second kappa shape index (κ2) is 8.43. The van der Waals surface area contributed by atoms with E-state index >= 15 is 0 Å². The molecule has 0 unspecified atom stereocenters. The molecular formula is C18H18N2O4S. The third kappa shape index (κ3) is 4.90. The first-order chi connectivity index (χ1) is 12.2. The van der Waals surface area contributed by atoms with E-state index in [0.717, 1.165) is 16.2 Å². The average molecular weight is 358 g/mol. The van der Waals surface area contributed by atoms with Crippen molar-refractivity contribution in [3.63, 3.8) is 0 Å². The fourth-order valence-corrected chi connectivity index (χ4v) is 2.89. The Kier molecular flexibility index (Phi) is 5.79. The Bertz CT molecular complexity index is 814. The van der Waals surface area contributed by atoms with E-state index in [1.54, 1.807) is 18.4 Å². The summed E-state index contributed by atoms with van der Waals surface area (Å²) in [6, 6.07) is 11.3. The minimum absolute atomic E-state index is 0.235. The number of carbonyl (C=O) groups excluding carboxylic acids is 1. The summed E-state index contributed by atoms with van der Waals surface area (Å²) < 4.78 is 15.6. The predicted molar refractivity (Wildman–Crippen MR) is 93.3 cm³/mol. The van der Waals surface area contributed by atoms with Gasteiger partial charge in [-0.3, -0.25) is 4.79 Å². The first-order valence-corrected chi connectivity index (χ1v) is 8.77. The van der Waals surface area contributed by atoms with Crippen molar-refractivity contribution < 1.29 is 18.8 Å². The maximum atomic E-state index is 11.8. The molecule has 0 fully saturated rings. The zero-order chi connectivity index (χ0) is 17.5. The van der Waals surface area contributed by atoms with Crippen molar-refractivity contribution in [3.8, 4) is 16.5 Å². The topological polar surface area (TPSA) is 74.5 Å². The van der Waals surface area contributed by atoms with Crippen LogP contribution in [0.4, 0.5) is 0 Å². The van der Waals surface area contributed by atoms with Gasteiger partial charge >= 0.3 is 5.97 Å². The number of hydrogen-bond acceptors (Lipinski definition) is 7. The molecular weight excluding hydrogens is 340 g/mol. The van der Waals surface area contributed by atoms with Crippen LogP contribution < -0.4 is 4.74 Å². The number of aryl methyl sites for hydroxylation is 1. The van der Waals surface area contributed by atoms with Gasteiger partial charge in [-0.2, -0.15) is 4.98 Å². The Balaban J connectivity index is 1.40. The molecule has 0 radical (unpaired) electrons. The lowest BCUT2D eigenvalue weighted by Gasteiger charge is -2.06. The molecule has 0 atom stereocenters. The molecule has 0 aliphatic rings. The summed E-state index contributed by atoms with van der Waals surface area (Å²) in [5.74, 6) is 1.61. The van der Waals surface area contributed by atoms with Crippen molar-refractivity contribution in [1.82, 2.24) is 10.1 Å². The van der Waals surface area contributed by atoms with Crippen molar-refractivity contribution >= 4 is 17.3 Å². The highest BCUT2D eigenvalue weighted by atomic mass is 32.1. The van der Waals surface area contributed by atoms with Crippen molar-refractivity contribution in [2.45, 2.75) is 25.9 Å². The minimum Gasteiger partial charge on any atom is -0.497 e. The van der Waals surface area contributed by atoms with E-state index in [2.05, 4.69) is 10.1 Å². The molecule has 0 N–H and O–H groups in total. The molecule has 0 bridgehead atoms. The first kappa shape index (κ1) is 17.2. The average Bonchev–Trinajstić information content (AvgIpc) is 3.31. The summed E-state index contributed by atoms with van der Waals surface area (Å²) in [5.41, 5.74) is 0.894. The maximum Gasteiger partial charge on any atom is 0.306 e. The smallest absolute Gasteiger partial charge is 0.306 e. The number of benzene rings is 1. The Morgan fingerprint density at radius 3 is 3.00 bits per heavy atom. The molecule has 0 amide bonds. The zero-order valence-electron chi connectivity index (χ0n) is 13.8. The zero-order valence-corrected chi connectivity index (χ0v) is 14.6. The van der Waals surface area contributed by atoms with Crippen LogP contribution in [0.5, 0.6) is 5.75 Å². The van der Waals surface area contributed by atoms with Crippen LogP contribution in [0.3, 0.4) is 0 Å². The van der Waals surface area contributed by atoms with Gasteiger partial charge in [-0.1, -0.05) is 23.4 Å². The Morgan fingerprint density at radius 1 is 1.28 bits per heavy atom. The number of rotatable bonds is 8. The Labute approximate surface area is 149 Å². The molecule has 0 aliphatic heterocycles. The molecule has 3 rings (SSSR count). The standard InChI is InChI=1S/C18H18N2O4S/c1-22-14-6-2-5-13(11-14)12-23-17(21)9-3-8-16-19-18(20-24-16)15-7-4-10-25-15/h2,4-7,10-11H,3,8-9,12H2,1H3. The molecule has 2 aromatic heterocycles. The quantitative estimate of drug-likeness (QED) is 0.569. The molecule has 2 heterocycles. The number of hydrogen-bond donors (Lipinski definition) is 0. The number of aromatic nitrogens is 2. The van der Waals surface area contributed by atoms with Gasteiger partial charge in [0.1, 0.15) is 12.4 Å². The lowest BCUT2D eigenvalue weighted by atomic mass is 10.2. The van der Waals surface area contributed by atoms with Gasteiger partial charge < -0.3 is 14.0 Å². The van der Waals surface area contributed by atoms with Crippen LogP contribution in [-0.4, -0.2) is 23.2 Å². The highest BCUT2D eigenvalue weighted by molar-refractivity contribution is 7.13. The summed E-state index contributed by atoms with van der Waals surface area (Å²) in [5, 5.41) is 5.91. The molecule has 25 heavy (non-hydrogen) atoms. The van der Waals surface area contributed by atoms with Crippen LogP contribution in [0, 0.1) is 0 Å². The van der Waals surface area contributed by atoms with Crippen molar-refractivity contribution in [2.24, 2.45) is 0 Å². The Hall–Kier alpha value is -2.67. The van der Waals surface area contributed by atoms with Crippen LogP contribution in [0.15, 0.2) is 46.3 Å². The molecule has 7 heteroatoms. The van der Waals surface area contributed by atoms with Crippen molar-refractivity contribution in [1.29, 1.82) is 0 Å².